The molecule has 6 heteroatoms. The molecule has 0 atom stereocenters. The van der Waals surface area contributed by atoms with E-state index >= 15 is 0 Å². The molecule has 0 saturated carbocycles. The van der Waals surface area contributed by atoms with Crippen LogP contribution in [-0.4, -0.2) is 15.3 Å². The molecule has 3 nitrogen and oxygen atoms in total. The van der Waals surface area contributed by atoms with Crippen LogP contribution in [0.25, 0.3) is 0 Å². The molecule has 0 amide bonds. The zero-order valence-corrected chi connectivity index (χ0v) is 37.6. The molecule has 0 radical (unpaired) electrons. The van der Waals surface area contributed by atoms with Crippen LogP contribution in [0, 0.1) is 0 Å². The molecule has 9 aromatic carbocycles. The van der Waals surface area contributed by atoms with Crippen LogP contribution in [0.1, 0.15) is 23.6 Å². The molecule has 0 saturated heterocycles. The Bertz CT molecular complexity index is 2170. The Morgan fingerprint density at radius 2 is 0.403 bits per heavy atom. The van der Waals surface area contributed by atoms with Crippen LogP contribution in [0.3, 0.4) is 0 Å². The molecule has 308 valence electrons. The van der Waals surface area contributed by atoms with Crippen molar-refractivity contribution in [3.63, 3.8) is 0 Å². The summed E-state index contributed by atoms with van der Waals surface area (Å²) in [6.07, 6.45) is 0. The van der Waals surface area contributed by atoms with E-state index in [1.807, 2.05) is 36.4 Å². The highest BCUT2D eigenvalue weighted by atomic mass is 31.1. The number of rotatable bonds is 9. The molecule has 0 aliphatic rings. The molecule has 0 aliphatic carbocycles. The maximum Gasteiger partial charge on any atom is 0.115 e. The van der Waals surface area contributed by atoms with Crippen LogP contribution in [-0.2, 0) is 5.41 Å². The van der Waals surface area contributed by atoms with E-state index in [-0.39, 0.29) is 17.2 Å². The van der Waals surface area contributed by atoms with E-state index in [1.165, 1.54) is 31.8 Å². The van der Waals surface area contributed by atoms with Gasteiger partial charge in [-0.2, -0.15) is 0 Å². The van der Waals surface area contributed by atoms with Crippen molar-refractivity contribution < 1.29 is 15.3 Å². The zero-order valence-electron chi connectivity index (χ0n) is 34.6. The lowest BCUT2D eigenvalue weighted by atomic mass is 9.71. The topological polar surface area (TPSA) is 60.7 Å². The lowest BCUT2D eigenvalue weighted by molar-refractivity contribution is 0.474. The fourth-order valence-electron chi connectivity index (χ4n) is 6.51. The number of aromatic hydroxyl groups is 3. The Balaban J connectivity index is 0.000000143. The predicted octanol–water partition coefficient (Wildman–Crippen LogP) is 11.1. The molecule has 9 rings (SSSR count). The zero-order chi connectivity index (χ0) is 43.2. The van der Waals surface area contributed by atoms with Gasteiger partial charge in [-0.3, -0.25) is 0 Å². The van der Waals surface area contributed by atoms with E-state index in [2.05, 4.69) is 189 Å². The second kappa shape index (κ2) is 24.2. The van der Waals surface area contributed by atoms with Gasteiger partial charge in [0, 0.05) is 5.41 Å². The highest BCUT2D eigenvalue weighted by molar-refractivity contribution is 7.56. The summed E-state index contributed by atoms with van der Waals surface area (Å²) >= 11 is 0. The third-order valence-electron chi connectivity index (χ3n) is 9.84. The number of phenols is 3. The normalized spacial score (nSPS) is 10.4. The van der Waals surface area contributed by atoms with E-state index in [4.69, 9.17) is 0 Å². The van der Waals surface area contributed by atoms with Gasteiger partial charge in [-0.15, -0.1) is 0 Å². The highest BCUT2D eigenvalue weighted by Crippen LogP contribution is 2.40. The van der Waals surface area contributed by atoms with Crippen molar-refractivity contribution in [2.45, 2.75) is 12.3 Å². The number of hydrogen-bond donors (Lipinski definition) is 3. The monoisotopic (exact) mass is 864 g/mol. The molecule has 3 N–H and O–H groups in total. The molecule has 0 spiro atoms. The fourth-order valence-corrected chi connectivity index (χ4v) is 9.67. The van der Waals surface area contributed by atoms with Crippen molar-refractivity contribution in [1.82, 2.24) is 0 Å². The minimum absolute atomic E-state index is 0.215. The second-order valence-corrected chi connectivity index (χ2v) is 18.6. The Morgan fingerprint density at radius 1 is 0.242 bits per heavy atom. The first-order valence-corrected chi connectivity index (χ1v) is 23.3. The van der Waals surface area contributed by atoms with Crippen LogP contribution in [0.4, 0.5) is 0 Å². The lowest BCUT2D eigenvalue weighted by Crippen LogP contribution is -2.25. The van der Waals surface area contributed by atoms with Crippen molar-refractivity contribution >= 4 is 57.6 Å². The van der Waals surface area contributed by atoms with E-state index < -0.39 is 5.41 Å². The quantitative estimate of drug-likeness (QED) is 0.100. The van der Waals surface area contributed by atoms with Crippen molar-refractivity contribution in [3.05, 3.63) is 271 Å². The number of phenolic OH excluding ortho intramolecular Hbond substituents is 3. The Labute approximate surface area is 372 Å². The van der Waals surface area contributed by atoms with Gasteiger partial charge in [0.1, 0.15) is 17.2 Å². The largest absolute Gasteiger partial charge is 0.508 e. The first kappa shape index (κ1) is 45.2. The predicted molar refractivity (Wildman–Crippen MR) is 271 cm³/mol. The molecule has 0 fully saturated rings. The van der Waals surface area contributed by atoms with Crippen molar-refractivity contribution in [3.8, 4) is 17.2 Å². The molecule has 62 heavy (non-hydrogen) atoms. The summed E-state index contributed by atoms with van der Waals surface area (Å²) in [5, 5.41) is 37.1. The van der Waals surface area contributed by atoms with Crippen molar-refractivity contribution in [2.75, 3.05) is 0 Å². The summed E-state index contributed by atoms with van der Waals surface area (Å²) in [7, 11) is 2.33. The van der Waals surface area contributed by atoms with Gasteiger partial charge in [-0.25, -0.2) is 0 Å². The molecular weight excluding hydrogens is 814 g/mol. The van der Waals surface area contributed by atoms with Crippen molar-refractivity contribution in [2.24, 2.45) is 0 Å². The van der Waals surface area contributed by atoms with E-state index in [1.54, 1.807) is 36.4 Å². The fraction of sp³-hybridized carbons (Fsp3) is 0.0357. The molecule has 9 aromatic rings. The summed E-state index contributed by atoms with van der Waals surface area (Å²) in [5.74, 6) is 0.646. The van der Waals surface area contributed by atoms with Crippen LogP contribution < -0.4 is 31.8 Å². The summed E-state index contributed by atoms with van der Waals surface area (Å²) < 4.78 is 0. The van der Waals surface area contributed by atoms with E-state index in [9.17, 15) is 15.3 Å². The van der Waals surface area contributed by atoms with E-state index in [0.717, 1.165) is 42.4 Å². The van der Waals surface area contributed by atoms with E-state index in [0.29, 0.717) is 0 Å². The van der Waals surface area contributed by atoms with Crippen LogP contribution in [0.5, 0.6) is 17.2 Å². The highest BCUT2D eigenvalue weighted by Gasteiger charge is 2.31. The van der Waals surface area contributed by atoms with Gasteiger partial charge in [0.15, 0.2) is 0 Å². The van der Waals surface area contributed by atoms with Crippen LogP contribution in [0.2, 0.25) is 0 Å². The van der Waals surface area contributed by atoms with Crippen LogP contribution in [0.15, 0.2) is 255 Å². The average Bonchev–Trinajstić information content (AvgIpc) is 3.32. The maximum absolute atomic E-state index is 9.57. The number of hydrogen-bond acceptors (Lipinski definition) is 3. The molecular formula is C56H51O3P3. The first-order valence-electron chi connectivity index (χ1n) is 20.3. The lowest BCUT2D eigenvalue weighted by Gasteiger charge is -2.32. The summed E-state index contributed by atoms with van der Waals surface area (Å²) in [6.45, 7) is 2.08. The van der Waals surface area contributed by atoms with Gasteiger partial charge in [0.2, 0.25) is 0 Å². The number of benzene rings is 9. The first-order chi connectivity index (χ1) is 30.3. The molecule has 0 bridgehead atoms. The smallest absolute Gasteiger partial charge is 0.115 e. The van der Waals surface area contributed by atoms with Gasteiger partial charge >= 0.3 is 0 Å². The third-order valence-corrected chi connectivity index (χ3v) is 13.6. The maximum atomic E-state index is 9.57. The van der Waals surface area contributed by atoms with Crippen LogP contribution >= 0.6 is 25.7 Å². The van der Waals surface area contributed by atoms with Gasteiger partial charge in [0.25, 0.3) is 0 Å². The molecule has 0 aromatic heterocycles. The standard InChI is InChI=1S/C20H18O3.3C12H11P/c1-20(14-2-8-17(21)9-3-14,15-4-10-18(22)11-5-15)16-6-12-19(23)13-7-16;3*1-3-7-11(8-4-1)13-12-9-5-2-6-10-12/h2-13,21-23H,1H3;3*1-10,13H. The minimum Gasteiger partial charge on any atom is -0.508 e. The van der Waals surface area contributed by atoms with Gasteiger partial charge in [-0.1, -0.05) is 244 Å². The Morgan fingerprint density at radius 3 is 0.565 bits per heavy atom. The SMILES string of the molecule is CC(c1ccc(O)cc1)(c1ccc(O)cc1)c1ccc(O)cc1.c1ccc(Pc2ccccc2)cc1.c1ccc(Pc2ccccc2)cc1.c1ccc(Pc2ccccc2)cc1. The minimum atomic E-state index is -0.477. The Hall–Kier alpha value is -6.33. The summed E-state index contributed by atoms with van der Waals surface area (Å²) in [4.78, 5) is 0. The van der Waals surface area contributed by atoms with Crippen molar-refractivity contribution in [1.29, 1.82) is 0 Å². The summed E-state index contributed by atoms with van der Waals surface area (Å²) in [6, 6.07) is 84.7. The average molecular weight is 865 g/mol. The molecule has 0 aliphatic heterocycles. The second-order valence-electron chi connectivity index (χ2n) is 14.3. The van der Waals surface area contributed by atoms with Gasteiger partial charge in [-0.05, 0) is 91.8 Å². The van der Waals surface area contributed by atoms with Gasteiger partial charge < -0.3 is 15.3 Å². The summed E-state index contributed by atoms with van der Waals surface area (Å²) in [5.41, 5.74) is 2.54. The third kappa shape index (κ3) is 14.4. The molecule has 0 heterocycles. The van der Waals surface area contributed by atoms with Gasteiger partial charge in [0.05, 0.1) is 0 Å². The Kier molecular flexibility index (Phi) is 17.6. The molecule has 0 unspecified atom stereocenters.